The predicted octanol–water partition coefficient (Wildman–Crippen LogP) is 3.56. The summed E-state index contributed by atoms with van der Waals surface area (Å²) in [6, 6.07) is 9.52. The minimum absolute atomic E-state index is 0.202. The van der Waals surface area contributed by atoms with Gasteiger partial charge in [0.2, 0.25) is 0 Å². The van der Waals surface area contributed by atoms with E-state index in [9.17, 15) is 4.79 Å². The summed E-state index contributed by atoms with van der Waals surface area (Å²) in [5.74, 6) is -0.477. The summed E-state index contributed by atoms with van der Waals surface area (Å²) >= 11 is 0. The monoisotopic (exact) mass is 338 g/mol. The lowest BCUT2D eigenvalue weighted by Crippen LogP contribution is -2.10. The fraction of sp³-hybridized carbons (Fsp3) is 0.316. The van der Waals surface area contributed by atoms with Gasteiger partial charge in [-0.1, -0.05) is 50.1 Å². The van der Waals surface area contributed by atoms with Crippen LogP contribution < -0.4 is 5.73 Å². The van der Waals surface area contributed by atoms with E-state index in [1.165, 1.54) is 6.20 Å². The van der Waals surface area contributed by atoms with Gasteiger partial charge in [0.1, 0.15) is 12.2 Å². The minimum atomic E-state index is -0.477. The van der Waals surface area contributed by atoms with Crippen molar-refractivity contribution in [2.75, 3.05) is 5.73 Å². The number of aromatic nitrogens is 3. The fourth-order valence-corrected chi connectivity index (χ4v) is 2.68. The highest BCUT2D eigenvalue weighted by atomic mass is 16.5. The van der Waals surface area contributed by atoms with Crippen LogP contribution in [0.15, 0.2) is 42.7 Å². The number of aryl methyl sites for hydroxylation is 1. The first-order valence-electron chi connectivity index (χ1n) is 8.51. The number of hydrogen-bond donors (Lipinski definition) is 1. The SMILES string of the molecule is CCCCCn1ncc2c(N)c(C(=O)OCc3ccccc3)cnc21. The van der Waals surface area contributed by atoms with Gasteiger partial charge < -0.3 is 10.5 Å². The van der Waals surface area contributed by atoms with E-state index in [-0.39, 0.29) is 12.2 Å². The molecule has 2 N–H and O–H groups in total. The smallest absolute Gasteiger partial charge is 0.342 e. The molecular weight excluding hydrogens is 316 g/mol. The van der Waals surface area contributed by atoms with E-state index in [4.69, 9.17) is 10.5 Å². The van der Waals surface area contributed by atoms with Crippen LogP contribution in [0.1, 0.15) is 42.1 Å². The molecule has 0 saturated carbocycles. The number of nitrogen functional groups attached to an aromatic ring is 1. The van der Waals surface area contributed by atoms with Crippen molar-refractivity contribution in [3.8, 4) is 0 Å². The third-order valence-corrected chi connectivity index (χ3v) is 4.11. The van der Waals surface area contributed by atoms with Gasteiger partial charge >= 0.3 is 5.97 Å². The third kappa shape index (κ3) is 3.79. The Kier molecular flexibility index (Phi) is 5.28. The highest BCUT2D eigenvalue weighted by Crippen LogP contribution is 2.24. The predicted molar refractivity (Wildman–Crippen MR) is 97.0 cm³/mol. The zero-order chi connectivity index (χ0) is 17.6. The number of ether oxygens (including phenoxy) is 1. The van der Waals surface area contributed by atoms with Crippen molar-refractivity contribution in [1.29, 1.82) is 0 Å². The number of nitrogens with two attached hydrogens (primary N) is 1. The molecule has 6 heteroatoms. The number of hydrogen-bond acceptors (Lipinski definition) is 5. The third-order valence-electron chi connectivity index (χ3n) is 4.11. The van der Waals surface area contributed by atoms with Crippen LogP contribution in [0.3, 0.4) is 0 Å². The first-order chi connectivity index (χ1) is 12.2. The number of carbonyl (C=O) groups excluding carboxylic acids is 1. The van der Waals surface area contributed by atoms with Crippen molar-refractivity contribution >= 4 is 22.7 Å². The van der Waals surface area contributed by atoms with Crippen LogP contribution in [0.2, 0.25) is 0 Å². The maximum absolute atomic E-state index is 12.3. The Labute approximate surface area is 146 Å². The Bertz CT molecular complexity index is 858. The molecule has 2 heterocycles. The standard InChI is InChI=1S/C19H22N4O2/c1-2-3-7-10-23-18-15(12-22-23)17(20)16(11-21-18)19(24)25-13-14-8-5-4-6-9-14/h4-6,8-9,11-12H,2-3,7,10,13H2,1H3,(H2,20,21). The van der Waals surface area contributed by atoms with Crippen molar-refractivity contribution in [2.24, 2.45) is 0 Å². The summed E-state index contributed by atoms with van der Waals surface area (Å²) in [5.41, 5.74) is 8.43. The van der Waals surface area contributed by atoms with Crippen molar-refractivity contribution in [2.45, 2.75) is 39.3 Å². The van der Waals surface area contributed by atoms with Gasteiger partial charge in [-0.15, -0.1) is 0 Å². The molecule has 0 spiro atoms. The molecule has 25 heavy (non-hydrogen) atoms. The Morgan fingerprint density at radius 3 is 2.76 bits per heavy atom. The molecule has 0 radical (unpaired) electrons. The fourth-order valence-electron chi connectivity index (χ4n) is 2.68. The molecule has 0 amide bonds. The lowest BCUT2D eigenvalue weighted by molar-refractivity contribution is 0.0473. The second kappa shape index (κ2) is 7.79. The van der Waals surface area contributed by atoms with Gasteiger partial charge in [0.15, 0.2) is 5.65 Å². The molecule has 0 bridgehead atoms. The van der Waals surface area contributed by atoms with Crippen molar-refractivity contribution in [3.63, 3.8) is 0 Å². The van der Waals surface area contributed by atoms with Gasteiger partial charge in [-0.3, -0.25) is 0 Å². The van der Waals surface area contributed by atoms with E-state index in [0.29, 0.717) is 16.7 Å². The highest BCUT2D eigenvalue weighted by molar-refractivity contribution is 6.03. The number of nitrogens with zero attached hydrogens (tertiary/aromatic N) is 3. The van der Waals surface area contributed by atoms with E-state index < -0.39 is 5.97 Å². The molecule has 3 rings (SSSR count). The largest absolute Gasteiger partial charge is 0.457 e. The Morgan fingerprint density at radius 1 is 1.20 bits per heavy atom. The lowest BCUT2D eigenvalue weighted by Gasteiger charge is -2.08. The van der Waals surface area contributed by atoms with Crippen molar-refractivity contribution in [3.05, 3.63) is 53.9 Å². The van der Waals surface area contributed by atoms with E-state index in [1.807, 2.05) is 35.0 Å². The molecule has 0 aliphatic carbocycles. The number of benzene rings is 1. The Morgan fingerprint density at radius 2 is 2.00 bits per heavy atom. The molecule has 0 saturated heterocycles. The first-order valence-corrected chi connectivity index (χ1v) is 8.51. The number of esters is 1. The van der Waals surface area contributed by atoms with Gasteiger partial charge in [0, 0.05) is 12.7 Å². The van der Waals surface area contributed by atoms with Gasteiger partial charge in [-0.25, -0.2) is 14.5 Å². The van der Waals surface area contributed by atoms with Gasteiger partial charge in [-0.2, -0.15) is 5.10 Å². The van der Waals surface area contributed by atoms with Crippen molar-refractivity contribution in [1.82, 2.24) is 14.8 Å². The molecule has 0 atom stereocenters. The number of carbonyl (C=O) groups is 1. The quantitative estimate of drug-likeness (QED) is 0.526. The molecule has 3 aromatic rings. The number of fused-ring (bicyclic) bond motifs is 1. The minimum Gasteiger partial charge on any atom is -0.457 e. The van der Waals surface area contributed by atoms with Crippen molar-refractivity contribution < 1.29 is 9.53 Å². The second-order valence-electron chi connectivity index (χ2n) is 5.96. The number of anilines is 1. The maximum atomic E-state index is 12.3. The van der Waals surface area contributed by atoms with Crippen LogP contribution in [-0.4, -0.2) is 20.7 Å². The van der Waals surface area contributed by atoms with Crippen LogP contribution >= 0.6 is 0 Å². The topological polar surface area (TPSA) is 83.0 Å². The average molecular weight is 338 g/mol. The molecule has 0 fully saturated rings. The molecule has 0 aliphatic heterocycles. The second-order valence-corrected chi connectivity index (χ2v) is 5.96. The lowest BCUT2D eigenvalue weighted by atomic mass is 10.2. The highest BCUT2D eigenvalue weighted by Gasteiger charge is 2.17. The molecule has 6 nitrogen and oxygen atoms in total. The Balaban J connectivity index is 1.75. The van der Waals surface area contributed by atoms with Crippen LogP contribution in [0.25, 0.3) is 11.0 Å². The van der Waals surface area contributed by atoms with Gasteiger partial charge in [0.25, 0.3) is 0 Å². The summed E-state index contributed by atoms with van der Waals surface area (Å²) in [6.07, 6.45) is 6.46. The zero-order valence-corrected chi connectivity index (χ0v) is 14.3. The summed E-state index contributed by atoms with van der Waals surface area (Å²) in [5, 5.41) is 5.03. The van der Waals surface area contributed by atoms with Crippen LogP contribution in [0, 0.1) is 0 Å². The van der Waals surface area contributed by atoms with Crippen LogP contribution in [0.4, 0.5) is 5.69 Å². The Hall–Kier alpha value is -2.89. The summed E-state index contributed by atoms with van der Waals surface area (Å²) in [6.45, 7) is 3.15. The van der Waals surface area contributed by atoms with Gasteiger partial charge in [-0.05, 0) is 12.0 Å². The normalized spacial score (nSPS) is 10.9. The van der Waals surface area contributed by atoms with Crippen LogP contribution in [-0.2, 0) is 17.9 Å². The van der Waals surface area contributed by atoms with E-state index in [1.54, 1.807) is 6.20 Å². The molecule has 0 unspecified atom stereocenters. The van der Waals surface area contributed by atoms with E-state index >= 15 is 0 Å². The summed E-state index contributed by atoms with van der Waals surface area (Å²) < 4.78 is 7.18. The van der Waals surface area contributed by atoms with Gasteiger partial charge in [0.05, 0.1) is 17.3 Å². The first kappa shape index (κ1) is 17.0. The number of unbranched alkanes of at least 4 members (excludes halogenated alkanes) is 2. The molecule has 1 aromatic carbocycles. The average Bonchev–Trinajstić information content (AvgIpc) is 3.05. The molecule has 2 aromatic heterocycles. The zero-order valence-electron chi connectivity index (χ0n) is 14.3. The van der Waals surface area contributed by atoms with E-state index in [0.717, 1.165) is 31.4 Å². The maximum Gasteiger partial charge on any atom is 0.342 e. The summed E-state index contributed by atoms with van der Waals surface area (Å²) in [4.78, 5) is 16.7. The molecule has 0 aliphatic rings. The van der Waals surface area contributed by atoms with E-state index in [2.05, 4.69) is 17.0 Å². The number of pyridine rings is 1. The number of rotatable bonds is 7. The molecule has 130 valence electrons. The summed E-state index contributed by atoms with van der Waals surface area (Å²) in [7, 11) is 0. The van der Waals surface area contributed by atoms with Crippen LogP contribution in [0.5, 0.6) is 0 Å². The molecular formula is C19H22N4O2.